The minimum absolute atomic E-state index is 0.00226. The standard InChI is InChI=1S/C28H24O7/c1-15-24(31)18(13-20(16(2)29)25(15)32)14-21-26(33)19-9-6-12-35-28(19)23(27(21)34)22(30)11-10-17-7-4-3-5-8-17/h3-11,13,31-34H,12,14H2,1-2H3/b11-10+. The van der Waals surface area contributed by atoms with Gasteiger partial charge in [0.15, 0.2) is 11.6 Å². The molecule has 0 amide bonds. The minimum Gasteiger partial charge on any atom is -0.507 e. The number of benzene rings is 3. The van der Waals surface area contributed by atoms with Gasteiger partial charge in [-0.3, -0.25) is 9.59 Å². The van der Waals surface area contributed by atoms with Crippen LogP contribution in [0.15, 0.2) is 48.6 Å². The number of allylic oxidation sites excluding steroid dienone is 1. The number of ketones is 2. The van der Waals surface area contributed by atoms with E-state index in [0.29, 0.717) is 0 Å². The van der Waals surface area contributed by atoms with Crippen LogP contribution in [0.2, 0.25) is 0 Å². The van der Waals surface area contributed by atoms with Crippen molar-refractivity contribution in [3.63, 3.8) is 0 Å². The molecular formula is C28H24O7. The number of rotatable bonds is 6. The lowest BCUT2D eigenvalue weighted by Gasteiger charge is -2.21. The average molecular weight is 472 g/mol. The highest BCUT2D eigenvalue weighted by molar-refractivity contribution is 6.12. The molecule has 1 aliphatic rings. The number of ether oxygens (including phenoxy) is 1. The summed E-state index contributed by atoms with van der Waals surface area (Å²) in [4.78, 5) is 25.2. The quantitative estimate of drug-likeness (QED) is 0.297. The van der Waals surface area contributed by atoms with E-state index in [0.717, 1.165) is 5.56 Å². The maximum atomic E-state index is 13.2. The fourth-order valence-corrected chi connectivity index (χ4v) is 4.05. The van der Waals surface area contributed by atoms with Crippen LogP contribution in [0, 0.1) is 6.92 Å². The molecule has 3 aromatic rings. The molecule has 35 heavy (non-hydrogen) atoms. The van der Waals surface area contributed by atoms with Crippen molar-refractivity contribution in [1.82, 2.24) is 0 Å². The summed E-state index contributed by atoms with van der Waals surface area (Å²) in [6.07, 6.45) is 5.95. The second kappa shape index (κ2) is 9.38. The lowest BCUT2D eigenvalue weighted by Crippen LogP contribution is -2.10. The number of hydrogen-bond acceptors (Lipinski definition) is 7. The molecule has 0 atom stereocenters. The van der Waals surface area contributed by atoms with Crippen LogP contribution in [0.1, 0.15) is 55.5 Å². The topological polar surface area (TPSA) is 124 Å². The summed E-state index contributed by atoms with van der Waals surface area (Å²) in [7, 11) is 0. The Labute approximate surface area is 201 Å². The van der Waals surface area contributed by atoms with E-state index in [1.807, 2.05) is 30.3 Å². The van der Waals surface area contributed by atoms with Crippen molar-refractivity contribution in [1.29, 1.82) is 0 Å². The zero-order chi connectivity index (χ0) is 25.3. The van der Waals surface area contributed by atoms with Gasteiger partial charge in [-0.15, -0.1) is 0 Å². The summed E-state index contributed by atoms with van der Waals surface area (Å²) < 4.78 is 5.62. The van der Waals surface area contributed by atoms with Crippen molar-refractivity contribution in [2.24, 2.45) is 0 Å². The van der Waals surface area contributed by atoms with Gasteiger partial charge in [0.1, 0.15) is 40.9 Å². The molecule has 4 N–H and O–H groups in total. The third-order valence-corrected chi connectivity index (χ3v) is 5.95. The zero-order valence-corrected chi connectivity index (χ0v) is 19.2. The van der Waals surface area contributed by atoms with Crippen LogP contribution < -0.4 is 4.74 Å². The van der Waals surface area contributed by atoms with Gasteiger partial charge < -0.3 is 25.2 Å². The van der Waals surface area contributed by atoms with E-state index in [9.17, 15) is 30.0 Å². The Balaban J connectivity index is 1.86. The fourth-order valence-electron chi connectivity index (χ4n) is 4.05. The molecule has 0 unspecified atom stereocenters. The highest BCUT2D eigenvalue weighted by Gasteiger charge is 2.29. The van der Waals surface area contributed by atoms with Gasteiger partial charge in [0.05, 0.1) is 11.1 Å². The zero-order valence-electron chi connectivity index (χ0n) is 19.2. The lowest BCUT2D eigenvalue weighted by molar-refractivity contribution is 0.101. The Bertz CT molecular complexity index is 1400. The highest BCUT2D eigenvalue weighted by atomic mass is 16.5. The van der Waals surface area contributed by atoms with Gasteiger partial charge in [-0.25, -0.2) is 0 Å². The van der Waals surface area contributed by atoms with Gasteiger partial charge >= 0.3 is 0 Å². The van der Waals surface area contributed by atoms with Crippen molar-refractivity contribution >= 4 is 23.7 Å². The van der Waals surface area contributed by atoms with E-state index in [1.165, 1.54) is 26.0 Å². The van der Waals surface area contributed by atoms with E-state index >= 15 is 0 Å². The third-order valence-electron chi connectivity index (χ3n) is 5.95. The molecule has 0 aliphatic carbocycles. The van der Waals surface area contributed by atoms with Crippen molar-refractivity contribution in [3.8, 4) is 28.7 Å². The number of hydrogen-bond donors (Lipinski definition) is 4. The number of carbonyl (C=O) groups excluding carboxylic acids is 2. The summed E-state index contributed by atoms with van der Waals surface area (Å²) in [5, 5.41) is 42.9. The number of phenolic OH excluding ortho intramolecular Hbond substituents is 4. The summed E-state index contributed by atoms with van der Waals surface area (Å²) in [6, 6.07) is 10.5. The Hall–Kier alpha value is -4.52. The van der Waals surface area contributed by atoms with Crippen molar-refractivity contribution in [2.75, 3.05) is 6.61 Å². The number of carbonyl (C=O) groups is 2. The summed E-state index contributed by atoms with van der Waals surface area (Å²) in [5.74, 6) is -2.31. The molecule has 3 aromatic carbocycles. The molecule has 0 aromatic heterocycles. The molecule has 0 fully saturated rings. The van der Waals surface area contributed by atoms with Gasteiger partial charge in [-0.2, -0.15) is 0 Å². The molecular weight excluding hydrogens is 448 g/mol. The van der Waals surface area contributed by atoms with Crippen LogP contribution in [0.5, 0.6) is 28.7 Å². The first-order chi connectivity index (χ1) is 16.7. The molecule has 1 heterocycles. The first kappa shape index (κ1) is 23.6. The largest absolute Gasteiger partial charge is 0.507 e. The molecule has 4 rings (SSSR count). The van der Waals surface area contributed by atoms with Crippen LogP contribution in [-0.2, 0) is 6.42 Å². The minimum atomic E-state index is -0.533. The van der Waals surface area contributed by atoms with E-state index in [1.54, 1.807) is 18.2 Å². The van der Waals surface area contributed by atoms with Crippen molar-refractivity contribution < 1.29 is 34.8 Å². The maximum absolute atomic E-state index is 13.2. The smallest absolute Gasteiger partial charge is 0.193 e. The van der Waals surface area contributed by atoms with Gasteiger partial charge in [-0.1, -0.05) is 36.4 Å². The van der Waals surface area contributed by atoms with E-state index in [4.69, 9.17) is 4.74 Å². The van der Waals surface area contributed by atoms with Crippen LogP contribution in [0.3, 0.4) is 0 Å². The molecule has 1 aliphatic heterocycles. The Morgan fingerprint density at radius 2 is 1.71 bits per heavy atom. The summed E-state index contributed by atoms with van der Waals surface area (Å²) >= 11 is 0. The second-order valence-electron chi connectivity index (χ2n) is 8.25. The monoisotopic (exact) mass is 472 g/mol. The fraction of sp³-hybridized carbons (Fsp3) is 0.143. The Morgan fingerprint density at radius 3 is 2.40 bits per heavy atom. The van der Waals surface area contributed by atoms with Gasteiger partial charge in [0.25, 0.3) is 0 Å². The first-order valence-corrected chi connectivity index (χ1v) is 10.9. The van der Waals surface area contributed by atoms with Crippen LogP contribution in [0.25, 0.3) is 12.2 Å². The number of fused-ring (bicyclic) bond motifs is 1. The van der Waals surface area contributed by atoms with E-state index in [-0.39, 0.29) is 69.4 Å². The summed E-state index contributed by atoms with van der Waals surface area (Å²) in [6.45, 7) is 2.89. The molecule has 0 radical (unpaired) electrons. The second-order valence-corrected chi connectivity index (χ2v) is 8.25. The molecule has 7 heteroatoms. The van der Waals surface area contributed by atoms with Crippen molar-refractivity contribution in [2.45, 2.75) is 20.3 Å². The number of phenols is 4. The molecule has 0 spiro atoms. The van der Waals surface area contributed by atoms with Gasteiger partial charge in [0, 0.05) is 17.5 Å². The molecule has 178 valence electrons. The number of Topliss-reactive ketones (excluding diaryl/α,β-unsaturated/α-hetero) is 1. The van der Waals surface area contributed by atoms with E-state index < -0.39 is 17.3 Å². The molecule has 0 saturated carbocycles. The SMILES string of the molecule is CC(=O)c1cc(Cc2c(O)c3c(c(C(=O)/C=C/c4ccccc4)c2O)OCC=C3)c(O)c(C)c1O. The van der Waals surface area contributed by atoms with Gasteiger partial charge in [-0.05, 0) is 49.3 Å². The molecule has 0 bridgehead atoms. The van der Waals surface area contributed by atoms with E-state index in [2.05, 4.69) is 0 Å². The molecule has 0 saturated heterocycles. The lowest BCUT2D eigenvalue weighted by atomic mass is 9.90. The van der Waals surface area contributed by atoms with Crippen LogP contribution >= 0.6 is 0 Å². The predicted molar refractivity (Wildman–Crippen MR) is 131 cm³/mol. The van der Waals surface area contributed by atoms with Crippen LogP contribution in [-0.4, -0.2) is 38.6 Å². The Morgan fingerprint density at radius 1 is 1.00 bits per heavy atom. The normalized spacial score (nSPS) is 12.4. The molecule has 7 nitrogen and oxygen atoms in total. The highest BCUT2D eigenvalue weighted by Crippen LogP contribution is 2.47. The third kappa shape index (κ3) is 4.36. The van der Waals surface area contributed by atoms with Crippen LogP contribution in [0.4, 0.5) is 0 Å². The first-order valence-electron chi connectivity index (χ1n) is 10.9. The Kier molecular flexibility index (Phi) is 6.34. The summed E-state index contributed by atoms with van der Waals surface area (Å²) in [5.41, 5.74) is 1.15. The maximum Gasteiger partial charge on any atom is 0.193 e. The average Bonchev–Trinajstić information content (AvgIpc) is 2.85. The predicted octanol–water partition coefficient (Wildman–Crippen LogP) is 4.91. The number of aromatic hydroxyl groups is 4. The van der Waals surface area contributed by atoms with Crippen molar-refractivity contribution in [3.05, 3.63) is 87.5 Å². The van der Waals surface area contributed by atoms with Gasteiger partial charge in [0.2, 0.25) is 0 Å².